The molecule has 2 aliphatic rings. The van der Waals surface area contributed by atoms with E-state index in [9.17, 15) is 19.5 Å². The normalized spacial score (nSPS) is 16.4. The number of amides is 3. The van der Waals surface area contributed by atoms with Crippen LogP contribution in [0.25, 0.3) is 11.4 Å². The molecule has 4 rings (SSSR count). The van der Waals surface area contributed by atoms with E-state index in [0.29, 0.717) is 63.8 Å². The van der Waals surface area contributed by atoms with E-state index >= 15 is 0 Å². The maximum Gasteiger partial charge on any atom is 0.409 e. The average Bonchev–Trinajstić information content (AvgIpc) is 3.50. The van der Waals surface area contributed by atoms with Crippen molar-refractivity contribution in [1.82, 2.24) is 25.1 Å². The molecule has 216 valence electrons. The van der Waals surface area contributed by atoms with Gasteiger partial charge < -0.3 is 29.7 Å². The molecule has 1 unspecified atom stereocenters. The monoisotopic (exact) mass is 553 g/mol. The first-order valence-corrected chi connectivity index (χ1v) is 14.2. The van der Waals surface area contributed by atoms with Gasteiger partial charge in [-0.1, -0.05) is 30.3 Å². The number of hydrogen-bond acceptors (Lipinski definition) is 8. The minimum absolute atomic E-state index is 0.00127. The van der Waals surface area contributed by atoms with Crippen LogP contribution in [0.5, 0.6) is 5.88 Å². The number of aromatic nitrogens is 2. The Kier molecular flexibility index (Phi) is 10.7. The summed E-state index contributed by atoms with van der Waals surface area (Å²) in [4.78, 5) is 51.4. The first-order valence-electron chi connectivity index (χ1n) is 14.2. The molecule has 1 saturated carbocycles. The van der Waals surface area contributed by atoms with Crippen LogP contribution in [0.4, 0.5) is 4.79 Å². The molecule has 2 aromatic rings. The summed E-state index contributed by atoms with van der Waals surface area (Å²) in [6.45, 7) is 3.44. The fourth-order valence-electron chi connectivity index (χ4n) is 4.99. The van der Waals surface area contributed by atoms with Crippen LogP contribution in [0.1, 0.15) is 62.4 Å². The van der Waals surface area contributed by atoms with Crippen LogP contribution in [-0.2, 0) is 9.53 Å². The maximum atomic E-state index is 13.5. The molecule has 1 aliphatic carbocycles. The molecular formula is C29H39N5O6. The average molecular weight is 554 g/mol. The molecule has 0 bridgehead atoms. The van der Waals surface area contributed by atoms with E-state index in [0.717, 1.165) is 31.2 Å². The summed E-state index contributed by atoms with van der Waals surface area (Å²) in [7, 11) is 0. The number of nitrogens with zero attached hydrogens (tertiary/aromatic N) is 4. The topological polar surface area (TPSA) is 134 Å². The molecule has 40 heavy (non-hydrogen) atoms. The lowest BCUT2D eigenvalue weighted by Crippen LogP contribution is -2.56. The van der Waals surface area contributed by atoms with Crippen molar-refractivity contribution in [1.29, 1.82) is 0 Å². The Morgan fingerprint density at radius 3 is 2.40 bits per heavy atom. The van der Waals surface area contributed by atoms with Crippen LogP contribution in [0.15, 0.2) is 36.4 Å². The molecular weight excluding hydrogens is 514 g/mol. The standard InChI is InChI=1S/C29H39N5O6/c1-2-39-29(38)34-17-15-33(16-18-34)28(37)23(14-8-9-19-35)31-27(36)24-20-25(40-22-12-6-7-13-22)32-26(30-24)21-10-4-3-5-11-21/h3-5,10-11,20,22-23,35H,2,6-9,12-19H2,1H3,(H,31,36). The van der Waals surface area contributed by atoms with E-state index in [2.05, 4.69) is 15.3 Å². The highest BCUT2D eigenvalue weighted by Crippen LogP contribution is 2.25. The number of piperazine rings is 1. The third-order valence-electron chi connectivity index (χ3n) is 7.18. The number of unbranched alkanes of at least 4 members (excludes halogenated alkanes) is 1. The van der Waals surface area contributed by atoms with Gasteiger partial charge in [0.1, 0.15) is 17.8 Å². The second kappa shape index (κ2) is 14.6. The van der Waals surface area contributed by atoms with Gasteiger partial charge in [0.15, 0.2) is 5.82 Å². The third kappa shape index (κ3) is 7.91. The Bertz CT molecular complexity index is 1130. The highest BCUT2D eigenvalue weighted by molar-refractivity contribution is 5.96. The van der Waals surface area contributed by atoms with Crippen LogP contribution in [0.2, 0.25) is 0 Å². The van der Waals surface area contributed by atoms with Gasteiger partial charge >= 0.3 is 6.09 Å². The number of nitrogens with one attached hydrogen (secondary N) is 1. The van der Waals surface area contributed by atoms with Gasteiger partial charge in [-0.25, -0.2) is 9.78 Å². The highest BCUT2D eigenvalue weighted by atomic mass is 16.6. The van der Waals surface area contributed by atoms with E-state index in [-0.39, 0.29) is 24.3 Å². The molecule has 0 spiro atoms. The molecule has 1 saturated heterocycles. The van der Waals surface area contributed by atoms with Crippen molar-refractivity contribution in [2.24, 2.45) is 0 Å². The van der Waals surface area contributed by atoms with E-state index in [1.165, 1.54) is 6.07 Å². The molecule has 11 nitrogen and oxygen atoms in total. The third-order valence-corrected chi connectivity index (χ3v) is 7.18. The molecule has 1 atom stereocenters. The Balaban J connectivity index is 1.50. The summed E-state index contributed by atoms with van der Waals surface area (Å²) >= 11 is 0. The smallest absolute Gasteiger partial charge is 0.409 e. The Morgan fingerprint density at radius 1 is 1.02 bits per heavy atom. The van der Waals surface area contributed by atoms with E-state index < -0.39 is 18.0 Å². The van der Waals surface area contributed by atoms with Gasteiger partial charge in [0.25, 0.3) is 5.91 Å². The summed E-state index contributed by atoms with van der Waals surface area (Å²) < 4.78 is 11.2. The predicted molar refractivity (Wildman–Crippen MR) is 148 cm³/mol. The lowest BCUT2D eigenvalue weighted by atomic mass is 10.1. The fourth-order valence-corrected chi connectivity index (χ4v) is 4.99. The van der Waals surface area contributed by atoms with Crippen molar-refractivity contribution in [3.05, 3.63) is 42.1 Å². The van der Waals surface area contributed by atoms with Crippen LogP contribution >= 0.6 is 0 Å². The first-order chi connectivity index (χ1) is 19.5. The summed E-state index contributed by atoms with van der Waals surface area (Å²) in [5.74, 6) is -0.0124. The van der Waals surface area contributed by atoms with Crippen molar-refractivity contribution in [2.75, 3.05) is 39.4 Å². The number of carbonyl (C=O) groups excluding carboxylic acids is 3. The van der Waals surface area contributed by atoms with Gasteiger partial charge in [-0.2, -0.15) is 4.98 Å². The zero-order valence-corrected chi connectivity index (χ0v) is 23.1. The van der Waals surface area contributed by atoms with E-state index in [1.807, 2.05) is 30.3 Å². The minimum atomic E-state index is -0.803. The van der Waals surface area contributed by atoms with Crippen LogP contribution in [0.3, 0.4) is 0 Å². The van der Waals surface area contributed by atoms with Gasteiger partial charge in [0, 0.05) is 44.4 Å². The van der Waals surface area contributed by atoms with E-state index in [4.69, 9.17) is 9.47 Å². The Morgan fingerprint density at radius 2 is 1.73 bits per heavy atom. The number of aliphatic hydroxyl groups excluding tert-OH is 1. The quantitative estimate of drug-likeness (QED) is 0.406. The summed E-state index contributed by atoms with van der Waals surface area (Å²) in [5.41, 5.74) is 0.873. The van der Waals surface area contributed by atoms with Gasteiger partial charge in [0.05, 0.1) is 6.61 Å². The summed E-state index contributed by atoms with van der Waals surface area (Å²) in [6, 6.07) is 10.1. The second-order valence-electron chi connectivity index (χ2n) is 10.1. The van der Waals surface area contributed by atoms with Crippen LogP contribution in [0, 0.1) is 0 Å². The van der Waals surface area contributed by atoms with Gasteiger partial charge in [-0.3, -0.25) is 9.59 Å². The minimum Gasteiger partial charge on any atom is -0.474 e. The SMILES string of the molecule is CCOC(=O)N1CCN(C(=O)C(CCCCO)NC(=O)c2cc(OC3CCCC3)nc(-c3ccccc3)n2)CC1. The largest absolute Gasteiger partial charge is 0.474 e. The number of benzene rings is 1. The number of rotatable bonds is 11. The summed E-state index contributed by atoms with van der Waals surface area (Å²) in [5, 5.41) is 12.2. The van der Waals surface area contributed by atoms with Crippen LogP contribution in [-0.4, -0.2) is 94.3 Å². The predicted octanol–water partition coefficient (Wildman–Crippen LogP) is 3.03. The number of ether oxygens (including phenoxy) is 2. The number of aliphatic hydroxyl groups is 1. The van der Waals surface area contributed by atoms with Crippen LogP contribution < -0.4 is 10.1 Å². The second-order valence-corrected chi connectivity index (χ2v) is 10.1. The molecule has 2 N–H and O–H groups in total. The zero-order valence-electron chi connectivity index (χ0n) is 23.1. The van der Waals surface area contributed by atoms with Crippen molar-refractivity contribution in [3.8, 4) is 17.3 Å². The van der Waals surface area contributed by atoms with Crippen molar-refractivity contribution in [2.45, 2.75) is 64.0 Å². The molecule has 2 fully saturated rings. The Hall–Kier alpha value is -3.73. The van der Waals surface area contributed by atoms with Crippen molar-refractivity contribution >= 4 is 17.9 Å². The zero-order chi connectivity index (χ0) is 28.3. The van der Waals surface area contributed by atoms with Crippen molar-refractivity contribution in [3.63, 3.8) is 0 Å². The van der Waals surface area contributed by atoms with Crippen molar-refractivity contribution < 1.29 is 29.0 Å². The molecule has 1 aromatic heterocycles. The highest BCUT2D eigenvalue weighted by Gasteiger charge is 2.31. The van der Waals surface area contributed by atoms with Gasteiger partial charge in [-0.15, -0.1) is 0 Å². The maximum absolute atomic E-state index is 13.5. The molecule has 1 aliphatic heterocycles. The molecule has 1 aromatic carbocycles. The molecule has 3 amide bonds. The number of hydrogen-bond donors (Lipinski definition) is 2. The molecule has 0 radical (unpaired) electrons. The number of carbonyl (C=O) groups is 3. The van der Waals surface area contributed by atoms with E-state index in [1.54, 1.807) is 16.7 Å². The molecule has 2 heterocycles. The molecule has 11 heteroatoms. The lowest BCUT2D eigenvalue weighted by molar-refractivity contribution is -0.135. The summed E-state index contributed by atoms with van der Waals surface area (Å²) in [6.07, 6.45) is 5.18. The van der Waals surface area contributed by atoms with Gasteiger partial charge in [-0.05, 0) is 51.9 Å². The first kappa shape index (κ1) is 29.3. The van der Waals surface area contributed by atoms with Gasteiger partial charge in [0.2, 0.25) is 11.8 Å². The Labute approximate surface area is 234 Å². The lowest BCUT2D eigenvalue weighted by Gasteiger charge is -2.36. The fraction of sp³-hybridized carbons (Fsp3) is 0.552.